The molecule has 0 aliphatic heterocycles. The number of amides is 2. The van der Waals surface area contributed by atoms with Gasteiger partial charge in [0.2, 0.25) is 11.8 Å². The van der Waals surface area contributed by atoms with Gasteiger partial charge in [-0.1, -0.05) is 51.3 Å². The van der Waals surface area contributed by atoms with Gasteiger partial charge in [0.15, 0.2) is 0 Å². The van der Waals surface area contributed by atoms with Gasteiger partial charge in [0, 0.05) is 12.6 Å². The number of likely N-dealkylation sites (N-methyl/N-ethyl adjacent to an activating group) is 1. The average Bonchev–Trinajstić information content (AvgIpc) is 3.19. The lowest BCUT2D eigenvalue weighted by Crippen LogP contribution is -2.61. The van der Waals surface area contributed by atoms with Crippen LogP contribution >= 0.6 is 0 Å². The number of benzene rings is 1. The normalized spacial score (nSPS) is 26.6. The Kier molecular flexibility index (Phi) is 4.38. The van der Waals surface area contributed by atoms with Crippen LogP contribution in [0.25, 0.3) is 0 Å². The molecule has 2 N–H and O–H groups in total. The van der Waals surface area contributed by atoms with Crippen molar-refractivity contribution in [1.82, 2.24) is 10.6 Å². The number of nitrogens with one attached hydrogen (secondary N) is 2. The lowest BCUT2D eigenvalue weighted by Gasteiger charge is -2.38. The van der Waals surface area contributed by atoms with E-state index in [2.05, 4.69) is 10.6 Å². The first-order chi connectivity index (χ1) is 11.8. The molecule has 1 atom stereocenters. The minimum Gasteiger partial charge on any atom is -0.357 e. The second-order valence-electron chi connectivity index (χ2n) is 8.12. The fourth-order valence-corrected chi connectivity index (χ4v) is 4.52. The number of hydrogen-bond donors (Lipinski definition) is 2. The Morgan fingerprint density at radius 3 is 2.16 bits per heavy atom. The Balaban J connectivity index is 1.95. The highest BCUT2D eigenvalue weighted by Gasteiger charge is 2.68. The first-order valence-electron chi connectivity index (χ1n) is 9.09. The predicted octanol–water partition coefficient (Wildman–Crippen LogP) is 3.06. The lowest BCUT2D eigenvalue weighted by atomic mass is 9.79. The Hall–Kier alpha value is -1.91. The largest absolute Gasteiger partial charge is 0.357 e. The summed E-state index contributed by atoms with van der Waals surface area (Å²) in [5, 5.41) is 5.75. The summed E-state index contributed by atoms with van der Waals surface area (Å²) in [7, 11) is 1.60. The number of rotatable bonds is 4. The molecule has 0 radical (unpaired) electrons. The molecule has 1 aromatic rings. The molecule has 0 unspecified atom stereocenters. The molecule has 0 spiro atoms. The first kappa shape index (κ1) is 17.9. The van der Waals surface area contributed by atoms with Crippen LogP contribution in [-0.4, -0.2) is 24.4 Å². The smallest absolute Gasteiger partial charge is 0.245 e. The molecule has 3 rings (SSSR count). The quantitative estimate of drug-likeness (QED) is 0.880. The molecule has 0 saturated heterocycles. The van der Waals surface area contributed by atoms with Crippen molar-refractivity contribution in [1.29, 1.82) is 0 Å². The lowest BCUT2D eigenvalue weighted by molar-refractivity contribution is -0.136. The third kappa shape index (κ3) is 2.74. The van der Waals surface area contributed by atoms with Gasteiger partial charge >= 0.3 is 0 Å². The van der Waals surface area contributed by atoms with Crippen LogP contribution in [-0.2, 0) is 15.0 Å². The van der Waals surface area contributed by atoms with Crippen LogP contribution in [0.4, 0.5) is 4.39 Å². The fraction of sp³-hybridized carbons (Fsp3) is 0.600. The van der Waals surface area contributed by atoms with Crippen LogP contribution in [0.2, 0.25) is 0 Å². The summed E-state index contributed by atoms with van der Waals surface area (Å²) in [6.07, 6.45) is 4.72. The van der Waals surface area contributed by atoms with Crippen LogP contribution < -0.4 is 10.6 Å². The molecule has 5 heteroatoms. The summed E-state index contributed by atoms with van der Waals surface area (Å²) >= 11 is 0. The van der Waals surface area contributed by atoms with Gasteiger partial charge < -0.3 is 10.6 Å². The van der Waals surface area contributed by atoms with Crippen molar-refractivity contribution in [2.45, 2.75) is 63.3 Å². The number of carbonyl (C=O) groups is 2. The zero-order chi connectivity index (χ0) is 18.3. The SMILES string of the molecule is CNC(=O)C1(NC(=O)[C@@]2(c3ccccc3F)CC2(C)C)CCCCC1. The first-order valence-corrected chi connectivity index (χ1v) is 9.09. The van der Waals surface area contributed by atoms with Gasteiger partial charge in [-0.15, -0.1) is 0 Å². The van der Waals surface area contributed by atoms with Crippen molar-refractivity contribution < 1.29 is 14.0 Å². The van der Waals surface area contributed by atoms with E-state index in [0.717, 1.165) is 19.3 Å². The third-order valence-electron chi connectivity index (χ3n) is 6.18. The van der Waals surface area contributed by atoms with Crippen molar-refractivity contribution in [2.75, 3.05) is 7.05 Å². The zero-order valence-electron chi connectivity index (χ0n) is 15.2. The molecule has 1 aromatic carbocycles. The second-order valence-corrected chi connectivity index (χ2v) is 8.12. The van der Waals surface area contributed by atoms with Crippen LogP contribution in [0.3, 0.4) is 0 Å². The van der Waals surface area contributed by atoms with Crippen LogP contribution in [0, 0.1) is 11.2 Å². The number of carbonyl (C=O) groups excluding carboxylic acids is 2. The molecule has 0 bridgehead atoms. The monoisotopic (exact) mass is 346 g/mol. The summed E-state index contributed by atoms with van der Waals surface area (Å²) in [5.41, 5.74) is -1.68. The van der Waals surface area contributed by atoms with Crippen molar-refractivity contribution in [3.8, 4) is 0 Å². The molecule has 25 heavy (non-hydrogen) atoms. The zero-order valence-corrected chi connectivity index (χ0v) is 15.2. The molecule has 2 fully saturated rings. The minimum atomic E-state index is -0.906. The Bertz CT molecular complexity index is 695. The van der Waals surface area contributed by atoms with Gasteiger partial charge in [-0.05, 0) is 30.7 Å². The Labute approximate surface area is 148 Å². The maximum atomic E-state index is 14.5. The molecule has 136 valence electrons. The molecule has 4 nitrogen and oxygen atoms in total. The maximum Gasteiger partial charge on any atom is 0.245 e. The molecule has 2 saturated carbocycles. The number of hydrogen-bond acceptors (Lipinski definition) is 2. The molecular formula is C20H27FN2O2. The summed E-state index contributed by atoms with van der Waals surface area (Å²) in [6, 6.07) is 6.48. The molecule has 0 heterocycles. The van der Waals surface area contributed by atoms with Crippen molar-refractivity contribution in [3.63, 3.8) is 0 Å². The van der Waals surface area contributed by atoms with Crippen molar-refractivity contribution in [2.24, 2.45) is 5.41 Å². The maximum absolute atomic E-state index is 14.5. The summed E-state index contributed by atoms with van der Waals surface area (Å²) in [4.78, 5) is 25.9. The van der Waals surface area contributed by atoms with Crippen LogP contribution in [0.1, 0.15) is 57.9 Å². The average molecular weight is 346 g/mol. The van der Waals surface area contributed by atoms with E-state index in [-0.39, 0.29) is 23.0 Å². The highest BCUT2D eigenvalue weighted by Crippen LogP contribution is 2.65. The molecule has 2 aliphatic rings. The Morgan fingerprint density at radius 2 is 1.64 bits per heavy atom. The van der Waals surface area contributed by atoms with Crippen LogP contribution in [0.5, 0.6) is 0 Å². The molecule has 0 aromatic heterocycles. The van der Waals surface area contributed by atoms with Crippen LogP contribution in [0.15, 0.2) is 24.3 Å². The highest BCUT2D eigenvalue weighted by atomic mass is 19.1. The predicted molar refractivity (Wildman–Crippen MR) is 94.5 cm³/mol. The second kappa shape index (κ2) is 6.11. The third-order valence-corrected chi connectivity index (χ3v) is 6.18. The topological polar surface area (TPSA) is 58.2 Å². The van der Waals surface area contributed by atoms with E-state index < -0.39 is 11.0 Å². The van der Waals surface area contributed by atoms with Gasteiger partial charge in [-0.3, -0.25) is 9.59 Å². The molecular weight excluding hydrogens is 319 g/mol. The van der Waals surface area contributed by atoms with Gasteiger partial charge in [-0.25, -0.2) is 4.39 Å². The van der Waals surface area contributed by atoms with Gasteiger partial charge in [0.25, 0.3) is 0 Å². The van der Waals surface area contributed by atoms with E-state index in [9.17, 15) is 14.0 Å². The van der Waals surface area contributed by atoms with Gasteiger partial charge in [0.05, 0.1) is 5.41 Å². The minimum absolute atomic E-state index is 0.150. The molecule has 2 aliphatic carbocycles. The highest BCUT2D eigenvalue weighted by molar-refractivity contribution is 5.98. The van der Waals surface area contributed by atoms with E-state index in [4.69, 9.17) is 0 Å². The summed E-state index contributed by atoms with van der Waals surface area (Å²) in [5.74, 6) is -0.739. The van der Waals surface area contributed by atoms with E-state index in [1.54, 1.807) is 25.2 Å². The van der Waals surface area contributed by atoms with Crippen molar-refractivity contribution in [3.05, 3.63) is 35.6 Å². The Morgan fingerprint density at radius 1 is 1.04 bits per heavy atom. The van der Waals surface area contributed by atoms with E-state index in [1.165, 1.54) is 6.07 Å². The van der Waals surface area contributed by atoms with E-state index >= 15 is 0 Å². The molecule has 2 amide bonds. The van der Waals surface area contributed by atoms with Gasteiger partial charge in [0.1, 0.15) is 11.4 Å². The van der Waals surface area contributed by atoms with E-state index in [0.29, 0.717) is 24.8 Å². The van der Waals surface area contributed by atoms with Gasteiger partial charge in [-0.2, -0.15) is 0 Å². The van der Waals surface area contributed by atoms with Crippen molar-refractivity contribution >= 4 is 11.8 Å². The fourth-order valence-electron chi connectivity index (χ4n) is 4.52. The number of halogens is 1. The van der Waals surface area contributed by atoms with E-state index in [1.807, 2.05) is 13.8 Å². The standard InChI is InChI=1S/C20H27FN2O2/c1-18(2)13-20(18,14-9-5-6-10-15(14)21)17(25)23-19(16(24)22-3)11-7-4-8-12-19/h5-6,9-10H,4,7-8,11-13H2,1-3H3,(H,22,24)(H,23,25)/t20-/m0/s1. The summed E-state index contributed by atoms with van der Waals surface area (Å²) in [6.45, 7) is 3.96. The summed E-state index contributed by atoms with van der Waals surface area (Å²) < 4.78 is 14.5.